The number of nitrogens with one attached hydrogen (secondary N) is 2. The minimum atomic E-state index is -0.341. The van der Waals surface area contributed by atoms with Crippen LogP contribution in [0.1, 0.15) is 33.2 Å². The molecule has 0 aliphatic rings. The molecular weight excluding hydrogens is 330 g/mol. The largest absolute Gasteiger partial charge is 0.350 e. The van der Waals surface area contributed by atoms with E-state index in [4.69, 9.17) is 0 Å². The Labute approximate surface area is 150 Å². The maximum absolute atomic E-state index is 12.3. The van der Waals surface area contributed by atoms with Crippen LogP contribution in [0.15, 0.2) is 61.2 Å². The standard InChI is InChI=1S/C19H17N5O2/c1-13(25)15-3-2-4-17(9-15)24-18(26)16-11-22-19(23-12-16)21-10-14-5-7-20-8-6-14/h2-9,11-12H,10H2,1H3,(H,24,26)(H,21,22,23). The second-order valence-corrected chi connectivity index (χ2v) is 5.60. The summed E-state index contributed by atoms with van der Waals surface area (Å²) in [5, 5.41) is 5.81. The predicted molar refractivity (Wildman–Crippen MR) is 98.0 cm³/mol. The third-order valence-electron chi connectivity index (χ3n) is 3.64. The zero-order valence-corrected chi connectivity index (χ0v) is 14.1. The van der Waals surface area contributed by atoms with Crippen LogP contribution in [0.4, 0.5) is 11.6 Å². The number of Topliss-reactive ketones (excluding diaryl/α,β-unsaturated/α-hetero) is 1. The van der Waals surface area contributed by atoms with Gasteiger partial charge < -0.3 is 10.6 Å². The second kappa shape index (κ2) is 7.98. The maximum Gasteiger partial charge on any atom is 0.258 e. The van der Waals surface area contributed by atoms with Crippen molar-refractivity contribution in [3.8, 4) is 0 Å². The number of benzene rings is 1. The van der Waals surface area contributed by atoms with E-state index >= 15 is 0 Å². The molecule has 1 amide bonds. The van der Waals surface area contributed by atoms with E-state index in [1.807, 2.05) is 12.1 Å². The van der Waals surface area contributed by atoms with Crippen LogP contribution in [0.25, 0.3) is 0 Å². The number of hydrogen-bond acceptors (Lipinski definition) is 6. The normalized spacial score (nSPS) is 10.2. The van der Waals surface area contributed by atoms with Gasteiger partial charge in [-0.1, -0.05) is 12.1 Å². The molecule has 0 unspecified atom stereocenters. The lowest BCUT2D eigenvalue weighted by atomic mass is 10.1. The summed E-state index contributed by atoms with van der Waals surface area (Å²) in [5.41, 5.74) is 2.46. The zero-order chi connectivity index (χ0) is 18.4. The molecule has 26 heavy (non-hydrogen) atoms. The summed E-state index contributed by atoms with van der Waals surface area (Å²) in [6.07, 6.45) is 6.33. The molecule has 0 saturated carbocycles. The Hall–Kier alpha value is -3.61. The van der Waals surface area contributed by atoms with Gasteiger partial charge in [-0.25, -0.2) is 9.97 Å². The highest BCUT2D eigenvalue weighted by molar-refractivity contribution is 6.04. The van der Waals surface area contributed by atoms with Crippen molar-refractivity contribution in [3.05, 3.63) is 77.9 Å². The average Bonchev–Trinajstić information content (AvgIpc) is 2.68. The van der Waals surface area contributed by atoms with Crippen LogP contribution in [-0.2, 0) is 6.54 Å². The Bertz CT molecular complexity index is 911. The maximum atomic E-state index is 12.3. The van der Waals surface area contributed by atoms with Crippen LogP contribution in [0.5, 0.6) is 0 Å². The fourth-order valence-electron chi connectivity index (χ4n) is 2.24. The molecular formula is C19H17N5O2. The van der Waals surface area contributed by atoms with Crippen molar-refractivity contribution in [2.24, 2.45) is 0 Å². The molecule has 0 saturated heterocycles. The zero-order valence-electron chi connectivity index (χ0n) is 14.1. The van der Waals surface area contributed by atoms with Crippen LogP contribution < -0.4 is 10.6 Å². The topological polar surface area (TPSA) is 96.9 Å². The van der Waals surface area contributed by atoms with Crippen LogP contribution in [-0.4, -0.2) is 26.6 Å². The van der Waals surface area contributed by atoms with Crippen LogP contribution in [0.2, 0.25) is 0 Å². The number of amides is 1. The highest BCUT2D eigenvalue weighted by Crippen LogP contribution is 2.13. The van der Waals surface area contributed by atoms with Crippen LogP contribution in [0.3, 0.4) is 0 Å². The smallest absolute Gasteiger partial charge is 0.258 e. The Morgan fingerprint density at radius 2 is 1.73 bits per heavy atom. The number of aromatic nitrogens is 3. The highest BCUT2D eigenvalue weighted by atomic mass is 16.1. The summed E-state index contributed by atoms with van der Waals surface area (Å²) in [7, 11) is 0. The SMILES string of the molecule is CC(=O)c1cccc(NC(=O)c2cnc(NCc3ccncc3)nc2)c1. The molecule has 7 nitrogen and oxygen atoms in total. The molecule has 0 bridgehead atoms. The molecule has 0 aliphatic heterocycles. The van der Waals surface area contributed by atoms with E-state index in [1.165, 1.54) is 19.3 Å². The molecule has 130 valence electrons. The molecule has 0 fully saturated rings. The Morgan fingerprint density at radius 1 is 1.00 bits per heavy atom. The van der Waals surface area contributed by atoms with Crippen LogP contribution in [0, 0.1) is 0 Å². The van der Waals surface area contributed by atoms with Crippen molar-refractivity contribution in [1.82, 2.24) is 15.0 Å². The molecule has 3 rings (SSSR count). The van der Waals surface area contributed by atoms with Gasteiger partial charge in [-0.15, -0.1) is 0 Å². The number of carbonyl (C=O) groups is 2. The quantitative estimate of drug-likeness (QED) is 0.666. The monoisotopic (exact) mass is 347 g/mol. The van der Waals surface area contributed by atoms with Crippen molar-refractivity contribution in [2.45, 2.75) is 13.5 Å². The van der Waals surface area contributed by atoms with Crippen molar-refractivity contribution in [3.63, 3.8) is 0 Å². The summed E-state index contributed by atoms with van der Waals surface area (Å²) >= 11 is 0. The van der Waals surface area contributed by atoms with Crippen molar-refractivity contribution >= 4 is 23.3 Å². The van der Waals surface area contributed by atoms with E-state index < -0.39 is 0 Å². The molecule has 0 aliphatic carbocycles. The number of carbonyl (C=O) groups excluding carboxylic acids is 2. The Kier molecular flexibility index (Phi) is 5.28. The predicted octanol–water partition coefficient (Wildman–Crippen LogP) is 2.94. The number of ketones is 1. The molecule has 2 aromatic heterocycles. The van der Waals surface area contributed by atoms with Gasteiger partial charge in [0.15, 0.2) is 5.78 Å². The van der Waals surface area contributed by atoms with E-state index in [0.29, 0.717) is 29.3 Å². The fraction of sp³-hybridized carbons (Fsp3) is 0.105. The number of rotatable bonds is 6. The lowest BCUT2D eigenvalue weighted by Crippen LogP contribution is -2.13. The molecule has 0 spiro atoms. The molecule has 0 atom stereocenters. The lowest BCUT2D eigenvalue weighted by molar-refractivity contribution is 0.101. The van der Waals surface area contributed by atoms with Gasteiger partial charge in [0, 0.05) is 42.6 Å². The number of hydrogen-bond donors (Lipinski definition) is 2. The van der Waals surface area contributed by atoms with Crippen LogP contribution >= 0.6 is 0 Å². The van der Waals surface area contributed by atoms with E-state index in [1.54, 1.807) is 36.7 Å². The molecule has 0 radical (unpaired) electrons. The molecule has 3 aromatic rings. The summed E-state index contributed by atoms with van der Waals surface area (Å²) in [5.74, 6) is 0.0254. The molecule has 7 heteroatoms. The van der Waals surface area contributed by atoms with Crippen molar-refractivity contribution in [2.75, 3.05) is 10.6 Å². The van der Waals surface area contributed by atoms with Gasteiger partial charge >= 0.3 is 0 Å². The van der Waals surface area contributed by atoms with Gasteiger partial charge in [0.1, 0.15) is 0 Å². The lowest BCUT2D eigenvalue weighted by Gasteiger charge is -2.07. The molecule has 1 aromatic carbocycles. The van der Waals surface area contributed by atoms with Crippen molar-refractivity contribution < 1.29 is 9.59 Å². The number of nitrogens with zero attached hydrogens (tertiary/aromatic N) is 3. The third kappa shape index (κ3) is 4.47. The van der Waals surface area contributed by atoms with Gasteiger partial charge in [0.25, 0.3) is 5.91 Å². The first-order valence-corrected chi connectivity index (χ1v) is 7.99. The first-order valence-electron chi connectivity index (χ1n) is 7.99. The van der Waals surface area contributed by atoms with Gasteiger partial charge in [0.05, 0.1) is 5.56 Å². The van der Waals surface area contributed by atoms with Gasteiger partial charge in [-0.05, 0) is 36.8 Å². The van der Waals surface area contributed by atoms with Gasteiger partial charge in [-0.2, -0.15) is 0 Å². The summed E-state index contributed by atoms with van der Waals surface area (Å²) in [4.78, 5) is 36.0. The summed E-state index contributed by atoms with van der Waals surface area (Å²) < 4.78 is 0. The van der Waals surface area contributed by atoms with E-state index in [-0.39, 0.29) is 11.7 Å². The minimum absolute atomic E-state index is 0.0611. The Morgan fingerprint density at radius 3 is 2.42 bits per heavy atom. The second-order valence-electron chi connectivity index (χ2n) is 5.60. The number of anilines is 2. The van der Waals surface area contributed by atoms with E-state index in [9.17, 15) is 9.59 Å². The Balaban J connectivity index is 1.61. The highest BCUT2D eigenvalue weighted by Gasteiger charge is 2.09. The van der Waals surface area contributed by atoms with Gasteiger partial charge in [-0.3, -0.25) is 14.6 Å². The minimum Gasteiger partial charge on any atom is -0.350 e. The third-order valence-corrected chi connectivity index (χ3v) is 3.64. The van der Waals surface area contributed by atoms with E-state index in [0.717, 1.165) is 5.56 Å². The first-order chi connectivity index (χ1) is 12.6. The number of pyridine rings is 1. The summed E-state index contributed by atoms with van der Waals surface area (Å²) in [6.45, 7) is 2.04. The fourth-order valence-corrected chi connectivity index (χ4v) is 2.24. The van der Waals surface area contributed by atoms with Crippen molar-refractivity contribution in [1.29, 1.82) is 0 Å². The average molecular weight is 347 g/mol. The molecule has 2 heterocycles. The summed E-state index contributed by atoms with van der Waals surface area (Å²) in [6, 6.07) is 10.6. The first kappa shape index (κ1) is 17.2. The van der Waals surface area contributed by atoms with E-state index in [2.05, 4.69) is 25.6 Å². The molecule has 2 N–H and O–H groups in total. The van der Waals surface area contributed by atoms with Gasteiger partial charge in [0.2, 0.25) is 5.95 Å².